The number of esters is 1. The largest absolute Gasteiger partial charge is 0.463 e. The molecule has 1 aromatic carbocycles. The van der Waals surface area contributed by atoms with Crippen LogP contribution in [0.4, 0.5) is 4.79 Å². The minimum Gasteiger partial charge on any atom is -0.463 e. The zero-order chi connectivity index (χ0) is 19.4. The number of hydrogen-bond acceptors (Lipinski definition) is 4. The number of morpholine rings is 1. The molecule has 0 unspecified atom stereocenters. The fourth-order valence-corrected chi connectivity index (χ4v) is 3.60. The Labute approximate surface area is 159 Å². The molecule has 7 nitrogen and oxygen atoms in total. The molecule has 2 heterocycles. The first-order chi connectivity index (χ1) is 13.0. The van der Waals surface area contributed by atoms with Gasteiger partial charge in [-0.25, -0.2) is 9.59 Å². The maximum absolute atomic E-state index is 12.8. The number of rotatable bonds is 5. The Morgan fingerprint density at radius 3 is 2.74 bits per heavy atom. The van der Waals surface area contributed by atoms with E-state index in [-0.39, 0.29) is 12.6 Å². The second kappa shape index (κ2) is 8.54. The number of carbonyl (C=O) groups is 2. The van der Waals surface area contributed by atoms with Gasteiger partial charge in [0, 0.05) is 0 Å². The molecule has 3 rings (SSSR count). The molecule has 0 radical (unpaired) electrons. The van der Waals surface area contributed by atoms with Crippen LogP contribution in [0.25, 0.3) is 0 Å². The molecule has 2 aliphatic rings. The summed E-state index contributed by atoms with van der Waals surface area (Å²) in [4.78, 5) is 26.5. The molecule has 0 aliphatic carbocycles. The fourth-order valence-electron chi connectivity index (χ4n) is 3.60. The van der Waals surface area contributed by atoms with Crippen molar-refractivity contribution in [3.8, 4) is 0 Å². The molecule has 2 aliphatic heterocycles. The summed E-state index contributed by atoms with van der Waals surface area (Å²) in [6, 6.07) is 5.23. The number of quaternary nitrogens is 1. The topological polar surface area (TPSA) is 81.1 Å². The molecule has 0 spiro atoms. The van der Waals surface area contributed by atoms with E-state index in [0.717, 1.165) is 29.8 Å². The minimum atomic E-state index is -0.520. The summed E-state index contributed by atoms with van der Waals surface area (Å²) in [5.74, 6) is -0.390. The molecule has 1 fully saturated rings. The van der Waals surface area contributed by atoms with Crippen LogP contribution in [0.15, 0.2) is 29.5 Å². The second-order valence-electron chi connectivity index (χ2n) is 7.04. The third-order valence-corrected chi connectivity index (χ3v) is 5.02. The number of aryl methyl sites for hydroxylation is 2. The first-order valence-electron chi connectivity index (χ1n) is 9.45. The van der Waals surface area contributed by atoms with E-state index in [1.165, 1.54) is 4.90 Å². The number of ether oxygens (including phenoxy) is 2. The predicted octanol–water partition coefficient (Wildman–Crippen LogP) is 0.390. The number of nitrogens with one attached hydrogen (secondary N) is 3. The molecular weight excluding hydrogens is 346 g/mol. The first kappa shape index (κ1) is 19.4. The van der Waals surface area contributed by atoms with Gasteiger partial charge in [0.1, 0.15) is 19.6 Å². The zero-order valence-electron chi connectivity index (χ0n) is 16.2. The van der Waals surface area contributed by atoms with E-state index < -0.39 is 12.0 Å². The number of amides is 2. The van der Waals surface area contributed by atoms with Crippen molar-refractivity contribution in [1.82, 2.24) is 10.6 Å². The van der Waals surface area contributed by atoms with E-state index >= 15 is 0 Å². The van der Waals surface area contributed by atoms with Gasteiger partial charge in [0.15, 0.2) is 0 Å². The highest BCUT2D eigenvalue weighted by atomic mass is 16.5. The predicted molar refractivity (Wildman–Crippen MR) is 100 cm³/mol. The summed E-state index contributed by atoms with van der Waals surface area (Å²) in [6.07, 6.45) is 0. The third-order valence-electron chi connectivity index (χ3n) is 5.02. The Balaban J connectivity index is 2.03. The fraction of sp³-hybridized carbons (Fsp3) is 0.500. The monoisotopic (exact) mass is 374 g/mol. The van der Waals surface area contributed by atoms with Crippen molar-refractivity contribution in [3.05, 3.63) is 46.2 Å². The Bertz CT molecular complexity index is 754. The molecule has 7 heteroatoms. The Kier molecular flexibility index (Phi) is 6.13. The second-order valence-corrected chi connectivity index (χ2v) is 7.04. The summed E-state index contributed by atoms with van der Waals surface area (Å²) >= 11 is 0. The first-order valence-corrected chi connectivity index (χ1v) is 9.45. The van der Waals surface area contributed by atoms with E-state index in [0.29, 0.717) is 31.0 Å². The van der Waals surface area contributed by atoms with Gasteiger partial charge in [-0.2, -0.15) is 0 Å². The summed E-state index contributed by atoms with van der Waals surface area (Å²) in [7, 11) is 0. The van der Waals surface area contributed by atoms with Crippen LogP contribution in [0, 0.1) is 13.8 Å². The lowest BCUT2D eigenvalue weighted by atomic mass is 9.91. The Morgan fingerprint density at radius 1 is 1.30 bits per heavy atom. The SMILES string of the molecule is CCOC(=O)C1=C(C[NH+]2CCOCC2)NC(=O)N[C@@H]1c1cc(C)ccc1C. The summed E-state index contributed by atoms with van der Waals surface area (Å²) < 4.78 is 10.7. The van der Waals surface area contributed by atoms with Crippen LogP contribution in [0.1, 0.15) is 29.7 Å². The molecule has 27 heavy (non-hydrogen) atoms. The van der Waals surface area contributed by atoms with Crippen LogP contribution in [0.5, 0.6) is 0 Å². The number of benzene rings is 1. The smallest absolute Gasteiger partial charge is 0.338 e. The molecular formula is C20H28N3O4+. The van der Waals surface area contributed by atoms with Crippen LogP contribution < -0.4 is 15.5 Å². The lowest BCUT2D eigenvalue weighted by Crippen LogP contribution is -3.14. The van der Waals surface area contributed by atoms with E-state index in [9.17, 15) is 9.59 Å². The summed E-state index contributed by atoms with van der Waals surface area (Å²) in [5, 5.41) is 5.77. The lowest BCUT2D eigenvalue weighted by Gasteiger charge is -2.32. The van der Waals surface area contributed by atoms with E-state index in [1.807, 2.05) is 32.0 Å². The van der Waals surface area contributed by atoms with Crippen molar-refractivity contribution in [1.29, 1.82) is 0 Å². The highest BCUT2D eigenvalue weighted by molar-refractivity contribution is 5.95. The third kappa shape index (κ3) is 4.48. The van der Waals surface area contributed by atoms with E-state index in [2.05, 4.69) is 10.6 Å². The normalized spacial score (nSPS) is 20.9. The maximum Gasteiger partial charge on any atom is 0.338 e. The highest BCUT2D eigenvalue weighted by Gasteiger charge is 2.36. The Morgan fingerprint density at radius 2 is 2.04 bits per heavy atom. The van der Waals surface area contributed by atoms with Gasteiger partial charge in [-0.1, -0.05) is 23.8 Å². The molecule has 1 atom stereocenters. The van der Waals surface area contributed by atoms with E-state index in [1.54, 1.807) is 6.92 Å². The van der Waals surface area contributed by atoms with Crippen LogP contribution >= 0.6 is 0 Å². The van der Waals surface area contributed by atoms with Gasteiger partial charge in [0.25, 0.3) is 0 Å². The molecule has 0 aromatic heterocycles. The van der Waals surface area contributed by atoms with Gasteiger partial charge < -0.3 is 25.0 Å². The maximum atomic E-state index is 12.8. The van der Waals surface area contributed by atoms with Crippen molar-refractivity contribution in [3.63, 3.8) is 0 Å². The molecule has 146 valence electrons. The quantitative estimate of drug-likeness (QED) is 0.652. The van der Waals surface area contributed by atoms with Gasteiger partial charge >= 0.3 is 12.0 Å². The molecule has 0 saturated carbocycles. The van der Waals surface area contributed by atoms with Gasteiger partial charge in [0.2, 0.25) is 0 Å². The number of carbonyl (C=O) groups excluding carboxylic acids is 2. The Hall–Kier alpha value is -2.38. The van der Waals surface area contributed by atoms with Gasteiger partial charge in [-0.3, -0.25) is 0 Å². The van der Waals surface area contributed by atoms with Gasteiger partial charge in [0.05, 0.1) is 37.1 Å². The highest BCUT2D eigenvalue weighted by Crippen LogP contribution is 2.30. The average Bonchev–Trinajstić information content (AvgIpc) is 2.64. The summed E-state index contributed by atoms with van der Waals surface area (Å²) in [5.41, 5.74) is 4.14. The van der Waals surface area contributed by atoms with Crippen LogP contribution in [0.3, 0.4) is 0 Å². The molecule has 1 saturated heterocycles. The molecule has 1 aromatic rings. The van der Waals surface area contributed by atoms with Crippen LogP contribution in [-0.2, 0) is 14.3 Å². The van der Waals surface area contributed by atoms with Crippen molar-refractivity contribution >= 4 is 12.0 Å². The van der Waals surface area contributed by atoms with Crippen LogP contribution in [-0.4, -0.2) is 51.5 Å². The summed E-state index contributed by atoms with van der Waals surface area (Å²) in [6.45, 7) is 9.67. The zero-order valence-corrected chi connectivity index (χ0v) is 16.2. The standard InChI is InChI=1S/C20H27N3O4/c1-4-27-19(24)17-16(12-23-7-9-26-10-8-23)21-20(25)22-18(17)15-11-13(2)5-6-14(15)3/h5-6,11,18H,4,7-10,12H2,1-3H3,(H2,21,22,25)/p+1/t18-/m1/s1. The van der Waals surface area contributed by atoms with Gasteiger partial charge in [-0.05, 0) is 31.9 Å². The van der Waals surface area contributed by atoms with Gasteiger partial charge in [-0.15, -0.1) is 0 Å². The van der Waals surface area contributed by atoms with Crippen molar-refractivity contribution in [2.75, 3.05) is 39.5 Å². The van der Waals surface area contributed by atoms with Crippen molar-refractivity contribution < 1.29 is 24.0 Å². The lowest BCUT2D eigenvalue weighted by molar-refractivity contribution is -0.903. The number of urea groups is 1. The van der Waals surface area contributed by atoms with Crippen molar-refractivity contribution in [2.45, 2.75) is 26.8 Å². The molecule has 0 bridgehead atoms. The molecule has 2 amide bonds. The number of hydrogen-bond donors (Lipinski definition) is 3. The average molecular weight is 374 g/mol. The minimum absolute atomic E-state index is 0.285. The molecule has 3 N–H and O–H groups in total. The van der Waals surface area contributed by atoms with Crippen molar-refractivity contribution in [2.24, 2.45) is 0 Å². The van der Waals surface area contributed by atoms with E-state index in [4.69, 9.17) is 9.47 Å². The van der Waals surface area contributed by atoms with Crippen LogP contribution in [0.2, 0.25) is 0 Å².